The first-order valence-corrected chi connectivity index (χ1v) is 3.78. The molecule has 0 aliphatic heterocycles. The van der Waals surface area contributed by atoms with E-state index in [1.165, 1.54) is 14.0 Å². The number of hydrogen-bond acceptors (Lipinski definition) is 3. The highest BCUT2D eigenvalue weighted by Crippen LogP contribution is 2.07. The maximum absolute atomic E-state index is 10.8. The highest BCUT2D eigenvalue weighted by Gasteiger charge is 2.19. The summed E-state index contributed by atoms with van der Waals surface area (Å²) < 4.78 is 4.43. The number of Topliss-reactive ketones (excluding diaryl/α,β-unsaturated/α-hetero) is 1. The number of carbonyl (C=O) groups is 2. The molecule has 4 heteroatoms. The van der Waals surface area contributed by atoms with Crippen molar-refractivity contribution in [2.75, 3.05) is 13.0 Å². The van der Waals surface area contributed by atoms with Crippen LogP contribution in [0, 0.1) is 5.92 Å². The first kappa shape index (κ1) is 10.4. The van der Waals surface area contributed by atoms with Crippen molar-refractivity contribution in [2.45, 2.75) is 13.3 Å². The SMILES string of the molecule is COC(=O)C(CCl)CC(C)=O. The van der Waals surface area contributed by atoms with Gasteiger partial charge in [-0.1, -0.05) is 0 Å². The monoisotopic (exact) mass is 178 g/mol. The molecule has 1 atom stereocenters. The van der Waals surface area contributed by atoms with Crippen LogP contribution in [0.5, 0.6) is 0 Å². The molecule has 11 heavy (non-hydrogen) atoms. The van der Waals surface area contributed by atoms with E-state index in [0.717, 1.165) is 0 Å². The smallest absolute Gasteiger partial charge is 0.310 e. The van der Waals surface area contributed by atoms with Crippen LogP contribution in [0.1, 0.15) is 13.3 Å². The second-order valence-electron chi connectivity index (χ2n) is 2.28. The molecule has 64 valence electrons. The predicted molar refractivity (Wildman–Crippen MR) is 41.5 cm³/mol. The maximum atomic E-state index is 10.8. The predicted octanol–water partition coefficient (Wildman–Crippen LogP) is 0.993. The Morgan fingerprint density at radius 1 is 1.55 bits per heavy atom. The summed E-state index contributed by atoms with van der Waals surface area (Å²) in [6.07, 6.45) is 0.163. The lowest BCUT2D eigenvalue weighted by molar-refractivity contribution is -0.146. The van der Waals surface area contributed by atoms with Gasteiger partial charge in [-0.15, -0.1) is 11.6 Å². The van der Waals surface area contributed by atoms with Crippen molar-refractivity contribution in [3.8, 4) is 0 Å². The van der Waals surface area contributed by atoms with Gasteiger partial charge in [-0.3, -0.25) is 4.79 Å². The molecule has 0 fully saturated rings. The molecule has 0 aromatic heterocycles. The Balaban J connectivity index is 3.94. The average Bonchev–Trinajstić information content (AvgIpc) is 1.98. The molecule has 0 aliphatic carbocycles. The molecule has 0 rings (SSSR count). The number of esters is 1. The maximum Gasteiger partial charge on any atom is 0.310 e. The van der Waals surface area contributed by atoms with E-state index >= 15 is 0 Å². The van der Waals surface area contributed by atoms with Crippen LogP contribution >= 0.6 is 11.6 Å². The lowest BCUT2D eigenvalue weighted by Gasteiger charge is -2.07. The Bertz CT molecular complexity index is 156. The van der Waals surface area contributed by atoms with Crippen molar-refractivity contribution in [3.63, 3.8) is 0 Å². The van der Waals surface area contributed by atoms with Gasteiger partial charge in [0, 0.05) is 12.3 Å². The normalized spacial score (nSPS) is 12.3. The standard InChI is InChI=1S/C7H11ClO3/c1-5(9)3-6(4-8)7(10)11-2/h6H,3-4H2,1-2H3. The van der Waals surface area contributed by atoms with E-state index in [2.05, 4.69) is 4.74 Å². The van der Waals surface area contributed by atoms with Crippen LogP contribution in [0.4, 0.5) is 0 Å². The van der Waals surface area contributed by atoms with Crippen molar-refractivity contribution < 1.29 is 14.3 Å². The molecule has 3 nitrogen and oxygen atoms in total. The molecule has 0 aromatic carbocycles. The van der Waals surface area contributed by atoms with Crippen molar-refractivity contribution in [1.29, 1.82) is 0 Å². The Labute approximate surface area is 70.7 Å². The Kier molecular flexibility index (Phi) is 4.86. The summed E-state index contributed by atoms with van der Waals surface area (Å²) in [4.78, 5) is 21.4. The van der Waals surface area contributed by atoms with Crippen LogP contribution in [-0.4, -0.2) is 24.7 Å². The number of methoxy groups -OCH3 is 1. The van der Waals surface area contributed by atoms with Gasteiger partial charge in [0.1, 0.15) is 5.78 Å². The first-order chi connectivity index (χ1) is 5.11. The Hall–Kier alpha value is -0.570. The molecule has 0 bridgehead atoms. The summed E-state index contributed by atoms with van der Waals surface area (Å²) in [5.41, 5.74) is 0. The van der Waals surface area contributed by atoms with Gasteiger partial charge in [0.2, 0.25) is 0 Å². The van der Waals surface area contributed by atoms with Crippen LogP contribution in [0.25, 0.3) is 0 Å². The number of halogens is 1. The molecular formula is C7H11ClO3. The fraction of sp³-hybridized carbons (Fsp3) is 0.714. The summed E-state index contributed by atoms with van der Waals surface area (Å²) in [6.45, 7) is 1.42. The molecule has 0 amide bonds. The number of alkyl halides is 1. The zero-order chi connectivity index (χ0) is 8.85. The molecule has 0 saturated carbocycles. The molecule has 0 spiro atoms. The van der Waals surface area contributed by atoms with Gasteiger partial charge < -0.3 is 9.53 Å². The van der Waals surface area contributed by atoms with Gasteiger partial charge in [0.25, 0.3) is 0 Å². The lowest BCUT2D eigenvalue weighted by atomic mass is 10.1. The molecule has 0 heterocycles. The number of hydrogen-bond donors (Lipinski definition) is 0. The molecule has 0 aliphatic rings. The van der Waals surface area contributed by atoms with Crippen LogP contribution in [0.15, 0.2) is 0 Å². The van der Waals surface area contributed by atoms with Gasteiger partial charge in [0.15, 0.2) is 0 Å². The fourth-order valence-corrected chi connectivity index (χ4v) is 0.950. The van der Waals surface area contributed by atoms with E-state index in [1.807, 2.05) is 0 Å². The number of rotatable bonds is 4. The highest BCUT2D eigenvalue weighted by molar-refractivity contribution is 6.19. The first-order valence-electron chi connectivity index (χ1n) is 3.25. The minimum atomic E-state index is -0.487. The molecule has 1 unspecified atom stereocenters. The van der Waals surface area contributed by atoms with Gasteiger partial charge in [-0.05, 0) is 6.92 Å². The second-order valence-corrected chi connectivity index (χ2v) is 2.59. The Morgan fingerprint density at radius 2 is 2.09 bits per heavy atom. The fourth-order valence-electron chi connectivity index (χ4n) is 0.715. The molecule has 0 radical (unpaired) electrons. The Morgan fingerprint density at radius 3 is 2.36 bits per heavy atom. The summed E-state index contributed by atoms with van der Waals surface area (Å²) in [5.74, 6) is -0.831. The van der Waals surface area contributed by atoms with Gasteiger partial charge in [-0.25, -0.2) is 0 Å². The van der Waals surface area contributed by atoms with E-state index < -0.39 is 11.9 Å². The molecular weight excluding hydrogens is 168 g/mol. The largest absolute Gasteiger partial charge is 0.469 e. The van der Waals surface area contributed by atoms with E-state index in [4.69, 9.17) is 11.6 Å². The van der Waals surface area contributed by atoms with Crippen LogP contribution in [-0.2, 0) is 14.3 Å². The zero-order valence-corrected chi connectivity index (χ0v) is 7.35. The number of ether oxygens (including phenoxy) is 1. The summed E-state index contributed by atoms with van der Waals surface area (Å²) >= 11 is 5.43. The van der Waals surface area contributed by atoms with Crippen molar-refractivity contribution in [2.24, 2.45) is 5.92 Å². The molecule has 0 aromatic rings. The quantitative estimate of drug-likeness (QED) is 0.477. The third-order valence-electron chi connectivity index (χ3n) is 1.25. The minimum Gasteiger partial charge on any atom is -0.469 e. The second kappa shape index (κ2) is 5.13. The van der Waals surface area contributed by atoms with Gasteiger partial charge >= 0.3 is 5.97 Å². The third kappa shape index (κ3) is 3.98. The molecule has 0 N–H and O–H groups in total. The van der Waals surface area contributed by atoms with E-state index in [1.54, 1.807) is 0 Å². The van der Waals surface area contributed by atoms with Crippen molar-refractivity contribution in [1.82, 2.24) is 0 Å². The highest BCUT2D eigenvalue weighted by atomic mass is 35.5. The molecule has 0 saturated heterocycles. The van der Waals surface area contributed by atoms with Crippen molar-refractivity contribution >= 4 is 23.4 Å². The summed E-state index contributed by atoms with van der Waals surface area (Å²) in [7, 11) is 1.28. The summed E-state index contributed by atoms with van der Waals surface area (Å²) in [5, 5.41) is 0. The van der Waals surface area contributed by atoms with E-state index in [0.29, 0.717) is 0 Å². The number of carbonyl (C=O) groups excluding carboxylic acids is 2. The van der Waals surface area contributed by atoms with Crippen LogP contribution in [0.2, 0.25) is 0 Å². The average molecular weight is 179 g/mol. The van der Waals surface area contributed by atoms with Crippen LogP contribution < -0.4 is 0 Å². The van der Waals surface area contributed by atoms with E-state index in [-0.39, 0.29) is 18.1 Å². The van der Waals surface area contributed by atoms with Crippen molar-refractivity contribution in [3.05, 3.63) is 0 Å². The summed E-state index contributed by atoms with van der Waals surface area (Å²) in [6, 6.07) is 0. The number of ketones is 1. The zero-order valence-electron chi connectivity index (χ0n) is 6.59. The third-order valence-corrected chi connectivity index (χ3v) is 1.63. The lowest BCUT2D eigenvalue weighted by Crippen LogP contribution is -2.20. The van der Waals surface area contributed by atoms with Crippen LogP contribution in [0.3, 0.4) is 0 Å². The van der Waals surface area contributed by atoms with Gasteiger partial charge in [0.05, 0.1) is 13.0 Å². The van der Waals surface area contributed by atoms with E-state index in [9.17, 15) is 9.59 Å². The topological polar surface area (TPSA) is 43.4 Å². The minimum absolute atomic E-state index is 0.0546. The van der Waals surface area contributed by atoms with Gasteiger partial charge in [-0.2, -0.15) is 0 Å².